The Kier molecular flexibility index (Phi) is 11.7. The minimum Gasteiger partial charge on any atom is -0.508 e. The van der Waals surface area contributed by atoms with Crippen molar-refractivity contribution in [3.05, 3.63) is 102 Å². The first-order valence-corrected chi connectivity index (χ1v) is 15.0. The van der Waals surface area contributed by atoms with E-state index in [9.17, 15) is 34.2 Å². The summed E-state index contributed by atoms with van der Waals surface area (Å²) >= 11 is 0. The number of hydrogen-bond acceptors (Lipinski definition) is 7. The van der Waals surface area contributed by atoms with Gasteiger partial charge in [-0.1, -0.05) is 60.7 Å². The number of amides is 3. The first kappa shape index (κ1) is 34.2. The molecule has 3 aromatic carbocycles. The smallest absolute Gasteiger partial charge is 0.326 e. The Morgan fingerprint density at radius 3 is 1.91 bits per heavy atom. The van der Waals surface area contributed by atoms with Crippen molar-refractivity contribution in [2.75, 3.05) is 0 Å². The summed E-state index contributed by atoms with van der Waals surface area (Å²) in [6.45, 7) is 0. The van der Waals surface area contributed by atoms with Crippen LogP contribution >= 0.6 is 0 Å². The largest absolute Gasteiger partial charge is 0.508 e. The van der Waals surface area contributed by atoms with Crippen LogP contribution in [-0.4, -0.2) is 74.1 Å². The first-order valence-electron chi connectivity index (χ1n) is 15.0. The predicted octanol–water partition coefficient (Wildman–Crippen LogP) is 1.63. The molecular formula is C34H37N5O8. The van der Waals surface area contributed by atoms with Crippen molar-refractivity contribution >= 4 is 40.6 Å². The van der Waals surface area contributed by atoms with Crippen LogP contribution in [0.3, 0.4) is 0 Å². The number of fused-ring (bicyclic) bond motifs is 1. The lowest BCUT2D eigenvalue weighted by Crippen LogP contribution is -2.58. The number of para-hydroxylation sites is 1. The van der Waals surface area contributed by atoms with Gasteiger partial charge in [-0.15, -0.1) is 0 Å². The highest BCUT2D eigenvalue weighted by Crippen LogP contribution is 2.20. The number of phenolic OH excluding ortho intramolecular Hbond substituents is 1. The number of carboxylic acids is 2. The standard InChI is InChI=1S/C34H37N5O8/c35-25(16-21-10-12-23(40)13-11-21)31(43)38-29(18-22-19-36-26-9-5-4-8-24(22)26)33(45)39-28(17-20-6-2-1-3-7-20)32(44)37-27(34(46)47)14-15-30(41)42/h1-13,19,25,27-29,36,40H,14-18,35H2,(H,37,44)(H,38,43)(H,39,45)(H,41,42)(H,46,47). The molecule has 0 spiro atoms. The molecule has 0 bridgehead atoms. The van der Waals surface area contributed by atoms with Crippen molar-refractivity contribution in [3.63, 3.8) is 0 Å². The number of benzene rings is 3. The average Bonchev–Trinajstić information content (AvgIpc) is 3.46. The van der Waals surface area contributed by atoms with Crippen LogP contribution in [0.4, 0.5) is 0 Å². The molecule has 1 heterocycles. The van der Waals surface area contributed by atoms with Crippen LogP contribution in [0, 0.1) is 0 Å². The predicted molar refractivity (Wildman–Crippen MR) is 172 cm³/mol. The highest BCUT2D eigenvalue weighted by atomic mass is 16.4. The topological polar surface area (TPSA) is 224 Å². The van der Waals surface area contributed by atoms with Gasteiger partial charge >= 0.3 is 11.9 Å². The van der Waals surface area contributed by atoms with Gasteiger partial charge in [0.05, 0.1) is 6.04 Å². The maximum absolute atomic E-state index is 13.9. The lowest BCUT2D eigenvalue weighted by Gasteiger charge is -2.25. The lowest BCUT2D eigenvalue weighted by molar-refractivity contribution is -0.143. The number of aromatic amines is 1. The van der Waals surface area contributed by atoms with Crippen molar-refractivity contribution in [1.82, 2.24) is 20.9 Å². The number of H-pyrrole nitrogens is 1. The van der Waals surface area contributed by atoms with E-state index in [2.05, 4.69) is 20.9 Å². The Balaban J connectivity index is 1.58. The van der Waals surface area contributed by atoms with Crippen molar-refractivity contribution in [2.45, 2.75) is 56.3 Å². The van der Waals surface area contributed by atoms with Crippen molar-refractivity contribution in [2.24, 2.45) is 5.73 Å². The normalized spacial score (nSPS) is 13.6. The van der Waals surface area contributed by atoms with Crippen LogP contribution in [-0.2, 0) is 43.2 Å². The van der Waals surface area contributed by atoms with Gasteiger partial charge in [0.25, 0.3) is 0 Å². The van der Waals surface area contributed by atoms with Gasteiger partial charge < -0.3 is 42.0 Å². The number of carbonyl (C=O) groups is 5. The summed E-state index contributed by atoms with van der Waals surface area (Å²) in [5, 5.41) is 36.8. The first-order chi connectivity index (χ1) is 22.5. The summed E-state index contributed by atoms with van der Waals surface area (Å²) in [5.41, 5.74) is 9.11. The number of carboxylic acid groups (broad SMARTS) is 2. The second-order valence-corrected chi connectivity index (χ2v) is 11.2. The number of nitrogens with two attached hydrogens (primary N) is 1. The van der Waals surface area contributed by atoms with E-state index < -0.39 is 60.2 Å². The van der Waals surface area contributed by atoms with E-state index >= 15 is 0 Å². The zero-order valence-electron chi connectivity index (χ0n) is 25.4. The van der Waals surface area contributed by atoms with Crippen LogP contribution in [0.25, 0.3) is 10.9 Å². The van der Waals surface area contributed by atoms with E-state index in [1.807, 2.05) is 24.3 Å². The average molecular weight is 644 g/mol. The van der Waals surface area contributed by atoms with Crippen molar-refractivity contribution in [1.29, 1.82) is 0 Å². The maximum Gasteiger partial charge on any atom is 0.326 e. The molecule has 13 heteroatoms. The van der Waals surface area contributed by atoms with Crippen molar-refractivity contribution < 1.29 is 39.3 Å². The highest BCUT2D eigenvalue weighted by Gasteiger charge is 2.31. The number of carbonyl (C=O) groups excluding carboxylic acids is 3. The number of rotatable bonds is 16. The molecule has 3 amide bonds. The van der Waals surface area contributed by atoms with E-state index in [0.29, 0.717) is 11.1 Å². The maximum atomic E-state index is 13.9. The van der Waals surface area contributed by atoms with Gasteiger partial charge in [-0.05, 0) is 47.7 Å². The summed E-state index contributed by atoms with van der Waals surface area (Å²) < 4.78 is 0. The van der Waals surface area contributed by atoms with Crippen LogP contribution in [0.1, 0.15) is 29.5 Å². The summed E-state index contributed by atoms with van der Waals surface area (Å²) in [6, 6.07) is 17.3. The second kappa shape index (κ2) is 16.0. The quantitative estimate of drug-likeness (QED) is 0.0887. The third-order valence-electron chi connectivity index (χ3n) is 7.64. The Bertz CT molecular complexity index is 1710. The molecule has 4 atom stereocenters. The Labute approximate surface area is 270 Å². The molecule has 0 saturated carbocycles. The van der Waals surface area contributed by atoms with Gasteiger partial charge in [0, 0.05) is 36.4 Å². The van der Waals surface area contributed by atoms with Crippen LogP contribution in [0.2, 0.25) is 0 Å². The van der Waals surface area contributed by atoms with E-state index in [4.69, 9.17) is 10.8 Å². The van der Waals surface area contributed by atoms with Crippen LogP contribution < -0.4 is 21.7 Å². The van der Waals surface area contributed by atoms with Gasteiger partial charge in [0.2, 0.25) is 17.7 Å². The van der Waals surface area contributed by atoms with Gasteiger partial charge in [0.15, 0.2) is 0 Å². The molecule has 0 aliphatic rings. The van der Waals surface area contributed by atoms with Gasteiger partial charge in [0.1, 0.15) is 23.9 Å². The molecule has 9 N–H and O–H groups in total. The minimum atomic E-state index is -1.51. The van der Waals surface area contributed by atoms with Gasteiger partial charge in [-0.25, -0.2) is 4.79 Å². The van der Waals surface area contributed by atoms with E-state index in [0.717, 1.165) is 16.5 Å². The number of aromatic nitrogens is 1. The molecule has 4 aromatic rings. The van der Waals surface area contributed by atoms with E-state index in [-0.39, 0.29) is 31.4 Å². The second-order valence-electron chi connectivity index (χ2n) is 11.2. The van der Waals surface area contributed by atoms with Crippen molar-refractivity contribution in [3.8, 4) is 5.75 Å². The Hall–Kier alpha value is -5.69. The summed E-state index contributed by atoms with van der Waals surface area (Å²) in [6.07, 6.45) is 1.01. The molecule has 13 nitrogen and oxygen atoms in total. The fourth-order valence-corrected chi connectivity index (χ4v) is 5.12. The molecular weight excluding hydrogens is 606 g/mol. The molecule has 4 rings (SSSR count). The van der Waals surface area contributed by atoms with Gasteiger partial charge in [-0.3, -0.25) is 19.2 Å². The van der Waals surface area contributed by atoms with Crippen LogP contribution in [0.15, 0.2) is 85.1 Å². The highest BCUT2D eigenvalue weighted by molar-refractivity contribution is 5.95. The molecule has 47 heavy (non-hydrogen) atoms. The third kappa shape index (κ3) is 9.90. The summed E-state index contributed by atoms with van der Waals surface area (Å²) in [4.78, 5) is 66.7. The molecule has 0 aliphatic heterocycles. The fraction of sp³-hybridized carbons (Fsp3) is 0.265. The number of hydrogen-bond donors (Lipinski definition) is 8. The third-order valence-corrected chi connectivity index (χ3v) is 7.64. The molecule has 0 aliphatic carbocycles. The lowest BCUT2D eigenvalue weighted by atomic mass is 10.0. The number of aromatic hydroxyl groups is 1. The zero-order chi connectivity index (χ0) is 33.9. The van der Waals surface area contributed by atoms with Gasteiger partial charge in [-0.2, -0.15) is 0 Å². The molecule has 0 saturated heterocycles. The molecule has 4 unspecified atom stereocenters. The Morgan fingerprint density at radius 1 is 0.681 bits per heavy atom. The molecule has 246 valence electrons. The number of aliphatic carboxylic acids is 2. The fourth-order valence-electron chi connectivity index (χ4n) is 5.12. The summed E-state index contributed by atoms with van der Waals surface area (Å²) in [7, 11) is 0. The number of nitrogens with one attached hydrogen (secondary N) is 4. The SMILES string of the molecule is NC(Cc1ccc(O)cc1)C(=O)NC(Cc1c[nH]c2ccccc12)C(=O)NC(Cc1ccccc1)C(=O)NC(CCC(=O)O)C(=O)O. The molecule has 0 radical (unpaired) electrons. The number of phenols is 1. The monoisotopic (exact) mass is 643 g/mol. The molecule has 0 fully saturated rings. The summed E-state index contributed by atoms with van der Waals surface area (Å²) in [5.74, 6) is -4.75. The Morgan fingerprint density at radius 2 is 1.26 bits per heavy atom. The van der Waals surface area contributed by atoms with Crippen LogP contribution in [0.5, 0.6) is 5.75 Å². The zero-order valence-corrected chi connectivity index (χ0v) is 25.4. The molecule has 1 aromatic heterocycles. The minimum absolute atomic E-state index is 0.0161. The van der Waals surface area contributed by atoms with E-state index in [1.165, 1.54) is 12.1 Å². The van der Waals surface area contributed by atoms with E-state index in [1.54, 1.807) is 48.7 Å².